The van der Waals surface area contributed by atoms with Crippen LogP contribution >= 0.6 is 0 Å². The summed E-state index contributed by atoms with van der Waals surface area (Å²) in [5.41, 5.74) is 0. The molecule has 0 amide bonds. The van der Waals surface area contributed by atoms with E-state index < -0.39 is 10.0 Å². The topological polar surface area (TPSA) is 66.4 Å². The van der Waals surface area contributed by atoms with Gasteiger partial charge in [-0.15, -0.1) is 0 Å². The summed E-state index contributed by atoms with van der Waals surface area (Å²) in [5.74, 6) is 1.21. The zero-order valence-electron chi connectivity index (χ0n) is 10.9. The minimum absolute atomic E-state index is 0.179. The lowest BCUT2D eigenvalue weighted by atomic mass is 9.97. The third-order valence-electron chi connectivity index (χ3n) is 3.58. The number of aliphatic hydroxyl groups excluding tert-OH is 1. The molecule has 0 radical (unpaired) electrons. The largest absolute Gasteiger partial charge is 0.396 e. The van der Waals surface area contributed by atoms with E-state index in [1.807, 2.05) is 13.8 Å². The fraction of sp³-hybridized carbons (Fsp3) is 1.00. The van der Waals surface area contributed by atoms with E-state index >= 15 is 0 Å². The predicted molar refractivity (Wildman–Crippen MR) is 69.2 cm³/mol. The molecule has 1 fully saturated rings. The van der Waals surface area contributed by atoms with E-state index in [4.69, 9.17) is 5.11 Å². The Labute approximate surface area is 105 Å². The SMILES string of the molecule is CC(C)CCS(=O)(=O)NCC1CCCC1CO. The maximum atomic E-state index is 11.7. The van der Waals surface area contributed by atoms with Crippen molar-refractivity contribution in [3.05, 3.63) is 0 Å². The normalized spacial score (nSPS) is 25.6. The maximum absolute atomic E-state index is 11.7. The van der Waals surface area contributed by atoms with E-state index in [2.05, 4.69) is 4.72 Å². The molecule has 0 aromatic heterocycles. The molecular formula is C12H25NO3S. The van der Waals surface area contributed by atoms with Crippen molar-refractivity contribution in [1.82, 2.24) is 4.72 Å². The maximum Gasteiger partial charge on any atom is 0.211 e. The Morgan fingerprint density at radius 2 is 1.94 bits per heavy atom. The zero-order valence-corrected chi connectivity index (χ0v) is 11.7. The van der Waals surface area contributed by atoms with Crippen molar-refractivity contribution < 1.29 is 13.5 Å². The van der Waals surface area contributed by atoms with Crippen LogP contribution in [0.15, 0.2) is 0 Å². The molecule has 0 aromatic rings. The Hall–Kier alpha value is -0.130. The fourth-order valence-electron chi connectivity index (χ4n) is 2.32. The molecule has 1 aliphatic carbocycles. The van der Waals surface area contributed by atoms with Crippen molar-refractivity contribution in [3.63, 3.8) is 0 Å². The van der Waals surface area contributed by atoms with Crippen LogP contribution < -0.4 is 4.72 Å². The van der Waals surface area contributed by atoms with Crippen LogP contribution in [0.3, 0.4) is 0 Å². The molecule has 0 bridgehead atoms. The van der Waals surface area contributed by atoms with Crippen LogP contribution in [0, 0.1) is 17.8 Å². The Morgan fingerprint density at radius 1 is 1.29 bits per heavy atom. The molecule has 1 aliphatic rings. The highest BCUT2D eigenvalue weighted by Crippen LogP contribution is 2.30. The average Bonchev–Trinajstić information content (AvgIpc) is 2.71. The summed E-state index contributed by atoms with van der Waals surface area (Å²) in [5, 5.41) is 9.16. The predicted octanol–water partition coefficient (Wildman–Crippen LogP) is 1.36. The third kappa shape index (κ3) is 5.36. The van der Waals surface area contributed by atoms with Gasteiger partial charge in [-0.05, 0) is 37.0 Å². The van der Waals surface area contributed by atoms with Gasteiger partial charge in [0.15, 0.2) is 0 Å². The fourth-order valence-corrected chi connectivity index (χ4v) is 3.71. The molecule has 0 aromatic carbocycles. The van der Waals surface area contributed by atoms with E-state index in [0.717, 1.165) is 19.3 Å². The van der Waals surface area contributed by atoms with Crippen molar-refractivity contribution in [2.24, 2.45) is 17.8 Å². The number of nitrogens with one attached hydrogen (secondary N) is 1. The minimum atomic E-state index is -3.13. The monoisotopic (exact) mass is 263 g/mol. The lowest BCUT2D eigenvalue weighted by Gasteiger charge is -2.18. The number of hydrogen-bond acceptors (Lipinski definition) is 3. The van der Waals surface area contributed by atoms with Crippen LogP contribution in [-0.2, 0) is 10.0 Å². The van der Waals surface area contributed by atoms with E-state index in [-0.39, 0.29) is 18.3 Å². The molecule has 5 heteroatoms. The molecule has 4 nitrogen and oxygen atoms in total. The zero-order chi connectivity index (χ0) is 12.9. The first kappa shape index (κ1) is 14.9. The van der Waals surface area contributed by atoms with Gasteiger partial charge in [-0.3, -0.25) is 0 Å². The van der Waals surface area contributed by atoms with Crippen molar-refractivity contribution in [1.29, 1.82) is 0 Å². The van der Waals surface area contributed by atoms with E-state index in [9.17, 15) is 8.42 Å². The first-order chi connectivity index (χ1) is 7.94. The Balaban J connectivity index is 2.33. The Morgan fingerprint density at radius 3 is 2.53 bits per heavy atom. The van der Waals surface area contributed by atoms with Crippen LogP contribution in [0.2, 0.25) is 0 Å². The first-order valence-corrected chi connectivity index (χ1v) is 8.18. The van der Waals surface area contributed by atoms with Gasteiger partial charge in [0.05, 0.1) is 5.75 Å². The molecule has 102 valence electrons. The number of sulfonamides is 1. The summed E-state index contributed by atoms with van der Waals surface area (Å²) < 4.78 is 26.1. The quantitative estimate of drug-likeness (QED) is 0.729. The third-order valence-corrected chi connectivity index (χ3v) is 4.96. The minimum Gasteiger partial charge on any atom is -0.396 e. The van der Waals surface area contributed by atoms with Crippen LogP contribution in [0.1, 0.15) is 39.5 Å². The summed E-state index contributed by atoms with van der Waals surface area (Å²) in [7, 11) is -3.13. The van der Waals surface area contributed by atoms with Gasteiger partial charge in [0.2, 0.25) is 10.0 Å². The standard InChI is InChI=1S/C12H25NO3S/c1-10(2)6-7-17(15,16)13-8-11-4-3-5-12(11)9-14/h10-14H,3-9H2,1-2H3. The molecule has 2 unspecified atom stereocenters. The van der Waals surface area contributed by atoms with E-state index in [0.29, 0.717) is 24.8 Å². The van der Waals surface area contributed by atoms with Crippen LogP contribution in [-0.4, -0.2) is 32.4 Å². The molecule has 0 spiro atoms. The van der Waals surface area contributed by atoms with Crippen LogP contribution in [0.4, 0.5) is 0 Å². The Kier molecular flexibility index (Phi) is 5.89. The summed E-state index contributed by atoms with van der Waals surface area (Å²) >= 11 is 0. The van der Waals surface area contributed by atoms with Crippen molar-refractivity contribution in [2.75, 3.05) is 18.9 Å². The number of hydrogen-bond donors (Lipinski definition) is 2. The molecule has 1 rings (SSSR count). The second-order valence-electron chi connectivity index (χ2n) is 5.48. The highest BCUT2D eigenvalue weighted by molar-refractivity contribution is 7.89. The highest BCUT2D eigenvalue weighted by Gasteiger charge is 2.27. The van der Waals surface area contributed by atoms with Crippen molar-refractivity contribution in [2.45, 2.75) is 39.5 Å². The van der Waals surface area contributed by atoms with Crippen LogP contribution in [0.25, 0.3) is 0 Å². The molecule has 2 atom stereocenters. The highest BCUT2D eigenvalue weighted by atomic mass is 32.2. The van der Waals surface area contributed by atoms with Gasteiger partial charge < -0.3 is 5.11 Å². The summed E-state index contributed by atoms with van der Waals surface area (Å²) in [6.07, 6.45) is 3.85. The molecular weight excluding hydrogens is 238 g/mol. The first-order valence-electron chi connectivity index (χ1n) is 6.53. The smallest absolute Gasteiger partial charge is 0.211 e. The molecule has 1 saturated carbocycles. The van der Waals surface area contributed by atoms with Gasteiger partial charge in [-0.1, -0.05) is 20.3 Å². The molecule has 17 heavy (non-hydrogen) atoms. The number of rotatable bonds is 7. The van der Waals surface area contributed by atoms with Crippen molar-refractivity contribution >= 4 is 10.0 Å². The van der Waals surface area contributed by atoms with Gasteiger partial charge in [-0.2, -0.15) is 0 Å². The van der Waals surface area contributed by atoms with Gasteiger partial charge in [0, 0.05) is 13.2 Å². The molecule has 2 N–H and O–H groups in total. The summed E-state index contributed by atoms with van der Waals surface area (Å²) in [4.78, 5) is 0. The summed E-state index contributed by atoms with van der Waals surface area (Å²) in [6, 6.07) is 0. The second-order valence-corrected chi connectivity index (χ2v) is 7.41. The van der Waals surface area contributed by atoms with Gasteiger partial charge >= 0.3 is 0 Å². The lowest BCUT2D eigenvalue weighted by Crippen LogP contribution is -2.33. The van der Waals surface area contributed by atoms with Crippen LogP contribution in [0.5, 0.6) is 0 Å². The number of aliphatic hydroxyl groups is 1. The summed E-state index contributed by atoms with van der Waals surface area (Å²) in [6.45, 7) is 4.71. The molecule has 0 heterocycles. The van der Waals surface area contributed by atoms with Gasteiger partial charge in [-0.25, -0.2) is 13.1 Å². The lowest BCUT2D eigenvalue weighted by molar-refractivity contribution is 0.195. The van der Waals surface area contributed by atoms with Gasteiger partial charge in [0.1, 0.15) is 0 Å². The second kappa shape index (κ2) is 6.71. The van der Waals surface area contributed by atoms with Gasteiger partial charge in [0.25, 0.3) is 0 Å². The average molecular weight is 263 g/mol. The Bertz CT molecular complexity index is 314. The molecule has 0 saturated heterocycles. The van der Waals surface area contributed by atoms with Crippen molar-refractivity contribution in [3.8, 4) is 0 Å². The molecule has 0 aliphatic heterocycles. The van der Waals surface area contributed by atoms with E-state index in [1.165, 1.54) is 0 Å². The van der Waals surface area contributed by atoms with E-state index in [1.54, 1.807) is 0 Å².